The second-order valence-electron chi connectivity index (χ2n) is 1.85. The van der Waals surface area contributed by atoms with Gasteiger partial charge < -0.3 is 28.7 Å². The molecule has 0 aliphatic rings. The van der Waals surface area contributed by atoms with E-state index in [1.165, 1.54) is 13.8 Å². The second kappa shape index (κ2) is 11.0. The van der Waals surface area contributed by atoms with Crippen molar-refractivity contribution in [1.82, 2.24) is 0 Å². The summed E-state index contributed by atoms with van der Waals surface area (Å²) in [6, 6.07) is 0. The van der Waals surface area contributed by atoms with Crippen LogP contribution in [0.5, 0.6) is 0 Å². The predicted molar refractivity (Wildman–Crippen MR) is 36.3 cm³/mol. The van der Waals surface area contributed by atoms with E-state index in [0.717, 1.165) is 0 Å². The first kappa shape index (κ1) is 24.7. The van der Waals surface area contributed by atoms with Gasteiger partial charge in [0.05, 0.1) is 0 Å². The van der Waals surface area contributed by atoms with Crippen LogP contribution in [0.15, 0.2) is 0 Å². The van der Waals surface area contributed by atoms with Crippen LogP contribution in [0, 0.1) is 0 Å². The minimum atomic E-state index is -4.15. The maximum Gasteiger partial charge on any atom is 2.00 e. The SMILES string of the molecule is CCP(=O)([O-])[O-].CCP(=O)([O-])[O-].[Zn+2].[Zn+2]. The first-order chi connectivity index (χ1) is 5.12. The van der Waals surface area contributed by atoms with Gasteiger partial charge in [-0.25, -0.2) is 0 Å². The van der Waals surface area contributed by atoms with Gasteiger partial charge in [0.1, 0.15) is 0 Å². The molecule has 0 amide bonds. The second-order valence-corrected chi connectivity index (χ2v) is 5.56. The molecule has 0 bridgehead atoms. The molecule has 6 nitrogen and oxygen atoms in total. The van der Waals surface area contributed by atoms with Crippen LogP contribution < -0.4 is 19.6 Å². The van der Waals surface area contributed by atoms with Gasteiger partial charge in [-0.1, -0.05) is 29.0 Å². The fourth-order valence-electron chi connectivity index (χ4n) is 0. The molecule has 0 spiro atoms. The Morgan fingerprint density at radius 3 is 0.857 bits per heavy atom. The Labute approximate surface area is 109 Å². The van der Waals surface area contributed by atoms with Crippen LogP contribution in [0.3, 0.4) is 0 Å². The zero-order valence-corrected chi connectivity index (χ0v) is 15.9. The summed E-state index contributed by atoms with van der Waals surface area (Å²) in [5.41, 5.74) is 0. The average Bonchev–Trinajstić information content (AvgIpc) is 1.86. The zero-order chi connectivity index (χ0) is 10.4. The van der Waals surface area contributed by atoms with E-state index in [1.54, 1.807) is 0 Å². The van der Waals surface area contributed by atoms with Crippen LogP contribution in [0.4, 0.5) is 0 Å². The molecule has 0 saturated heterocycles. The summed E-state index contributed by atoms with van der Waals surface area (Å²) in [5, 5.41) is 0. The van der Waals surface area contributed by atoms with Crippen LogP contribution in [-0.4, -0.2) is 12.3 Å². The Morgan fingerprint density at radius 1 is 0.786 bits per heavy atom. The minimum absolute atomic E-state index is 0. The molecule has 0 aromatic carbocycles. The van der Waals surface area contributed by atoms with Crippen molar-refractivity contribution < 1.29 is 67.7 Å². The van der Waals surface area contributed by atoms with Gasteiger partial charge in [-0.3, -0.25) is 0 Å². The molecule has 76 valence electrons. The van der Waals surface area contributed by atoms with E-state index in [0.29, 0.717) is 0 Å². The van der Waals surface area contributed by atoms with Crippen molar-refractivity contribution in [3.8, 4) is 0 Å². The van der Waals surface area contributed by atoms with Crippen molar-refractivity contribution in [3.05, 3.63) is 0 Å². The van der Waals surface area contributed by atoms with Crippen LogP contribution in [0.25, 0.3) is 0 Å². The molecule has 0 aromatic heterocycles. The van der Waals surface area contributed by atoms with E-state index in [9.17, 15) is 28.7 Å². The summed E-state index contributed by atoms with van der Waals surface area (Å²) in [6.45, 7) is 2.64. The van der Waals surface area contributed by atoms with Crippen molar-refractivity contribution in [2.45, 2.75) is 13.8 Å². The largest absolute Gasteiger partial charge is 2.00 e. The third kappa shape index (κ3) is 37.4. The number of hydrogen-bond acceptors (Lipinski definition) is 6. The van der Waals surface area contributed by atoms with Gasteiger partial charge >= 0.3 is 39.0 Å². The smallest absolute Gasteiger partial charge is 0.811 e. The first-order valence-electron chi connectivity index (χ1n) is 3.14. The molecule has 0 aliphatic carbocycles. The molecule has 14 heavy (non-hydrogen) atoms. The van der Waals surface area contributed by atoms with Gasteiger partial charge in [-0.15, -0.1) is 0 Å². The molecule has 0 saturated carbocycles. The molecule has 0 aliphatic heterocycles. The number of hydrogen-bond donors (Lipinski definition) is 0. The molecule has 0 heterocycles. The van der Waals surface area contributed by atoms with Gasteiger partial charge in [0.15, 0.2) is 0 Å². The fraction of sp³-hybridized carbons (Fsp3) is 1.00. The maximum atomic E-state index is 9.47. The fourth-order valence-corrected chi connectivity index (χ4v) is 0. The summed E-state index contributed by atoms with van der Waals surface area (Å²) in [5.74, 6) is 0. The van der Waals surface area contributed by atoms with Gasteiger partial charge in [0.25, 0.3) is 0 Å². The molecule has 0 fully saturated rings. The van der Waals surface area contributed by atoms with Crippen molar-refractivity contribution in [1.29, 1.82) is 0 Å². The maximum absolute atomic E-state index is 9.47. The third-order valence-electron chi connectivity index (χ3n) is 0.775. The molecule has 0 atom stereocenters. The predicted octanol–water partition coefficient (Wildman–Crippen LogP) is -2.16. The first-order valence-corrected chi connectivity index (χ1v) is 6.60. The molecule has 0 N–H and O–H groups in total. The van der Waals surface area contributed by atoms with Crippen molar-refractivity contribution in [3.63, 3.8) is 0 Å². The van der Waals surface area contributed by atoms with Gasteiger partial charge in [-0.2, -0.15) is 0 Å². The Bertz CT molecular complexity index is 176. The normalized spacial score (nSPS) is 10.1. The van der Waals surface area contributed by atoms with Crippen LogP contribution >= 0.6 is 15.2 Å². The average molecular weight is 347 g/mol. The Balaban J connectivity index is -0.0000000625. The Hall–Kier alpha value is 1.55. The quantitative estimate of drug-likeness (QED) is 0.414. The summed E-state index contributed by atoms with van der Waals surface area (Å²) < 4.78 is 18.9. The summed E-state index contributed by atoms with van der Waals surface area (Å²) in [4.78, 5) is 37.9. The Kier molecular flexibility index (Phi) is 19.5. The van der Waals surface area contributed by atoms with E-state index in [-0.39, 0.29) is 51.3 Å². The molecule has 0 unspecified atom stereocenters. The molecular formula is C4H10O6P2Zn2. The monoisotopic (exact) mass is 344 g/mol. The molecule has 0 radical (unpaired) electrons. The van der Waals surface area contributed by atoms with Gasteiger partial charge in [0.2, 0.25) is 0 Å². The third-order valence-corrected chi connectivity index (χ3v) is 2.32. The number of rotatable bonds is 2. The molecule has 0 rings (SSSR count). The zero-order valence-electron chi connectivity index (χ0n) is 8.17. The molecular weight excluding hydrogens is 337 g/mol. The standard InChI is InChI=1S/2C2H7O3P.2Zn/c2*1-2-6(3,4)5;;/h2*2H2,1H3,(H2,3,4,5);;/q;;2*+2/p-4. The van der Waals surface area contributed by atoms with Crippen molar-refractivity contribution in [2.75, 3.05) is 12.3 Å². The van der Waals surface area contributed by atoms with E-state index in [1.807, 2.05) is 0 Å². The topological polar surface area (TPSA) is 126 Å². The summed E-state index contributed by atoms with van der Waals surface area (Å²) in [6.07, 6.45) is -0.569. The van der Waals surface area contributed by atoms with E-state index in [2.05, 4.69) is 0 Å². The minimum Gasteiger partial charge on any atom is -0.811 e. The Morgan fingerprint density at radius 2 is 0.857 bits per heavy atom. The van der Waals surface area contributed by atoms with Crippen LogP contribution in [0.2, 0.25) is 0 Å². The van der Waals surface area contributed by atoms with Crippen molar-refractivity contribution >= 4 is 15.2 Å². The van der Waals surface area contributed by atoms with E-state index in [4.69, 9.17) is 0 Å². The summed E-state index contributed by atoms with van der Waals surface area (Å²) in [7, 11) is -8.29. The summed E-state index contributed by atoms with van der Waals surface area (Å²) >= 11 is 0. The van der Waals surface area contributed by atoms with E-state index >= 15 is 0 Å². The van der Waals surface area contributed by atoms with Crippen LogP contribution in [0.1, 0.15) is 13.8 Å². The van der Waals surface area contributed by atoms with E-state index < -0.39 is 15.2 Å². The van der Waals surface area contributed by atoms with Crippen LogP contribution in [-0.2, 0) is 48.1 Å². The molecule has 10 heteroatoms. The van der Waals surface area contributed by atoms with Gasteiger partial charge in [0, 0.05) is 0 Å². The molecule has 0 aromatic rings. The van der Waals surface area contributed by atoms with Gasteiger partial charge in [-0.05, 0) is 12.3 Å². The van der Waals surface area contributed by atoms with Crippen molar-refractivity contribution in [2.24, 2.45) is 0 Å².